The lowest BCUT2D eigenvalue weighted by atomic mass is 10.1. The summed E-state index contributed by atoms with van der Waals surface area (Å²) in [5, 5.41) is 6.09. The van der Waals surface area contributed by atoms with E-state index in [1.165, 1.54) is 0 Å². The van der Waals surface area contributed by atoms with Crippen LogP contribution in [-0.2, 0) is 11.2 Å². The highest BCUT2D eigenvalue weighted by atomic mass is 16.5. The Kier molecular flexibility index (Phi) is 6.89. The fourth-order valence-corrected chi connectivity index (χ4v) is 2.38. The number of rotatable bonds is 9. The minimum absolute atomic E-state index is 0.0263. The molecule has 0 spiro atoms. The van der Waals surface area contributed by atoms with E-state index < -0.39 is 0 Å². The molecular weight excluding hydrogens is 316 g/mol. The lowest BCUT2D eigenvalue weighted by Gasteiger charge is -2.10. The Balaban J connectivity index is 1.87. The maximum atomic E-state index is 12.1. The number of carbonyl (C=O) groups excluding carboxylic acids is 1. The Morgan fingerprint density at radius 3 is 2.36 bits per heavy atom. The summed E-state index contributed by atoms with van der Waals surface area (Å²) in [5.74, 6) is 1.32. The quantitative estimate of drug-likeness (QED) is 0.680. The van der Waals surface area contributed by atoms with Crippen LogP contribution in [0.2, 0.25) is 0 Å². The first-order valence-corrected chi connectivity index (χ1v) is 8.12. The van der Waals surface area contributed by atoms with Crippen molar-refractivity contribution in [1.82, 2.24) is 0 Å². The van der Waals surface area contributed by atoms with Crippen LogP contribution in [0.15, 0.2) is 55.1 Å². The molecule has 0 unspecified atom stereocenters. The lowest BCUT2D eigenvalue weighted by Crippen LogP contribution is -2.12. The lowest BCUT2D eigenvalue weighted by molar-refractivity contribution is -0.116. The van der Waals surface area contributed by atoms with E-state index >= 15 is 0 Å². The van der Waals surface area contributed by atoms with Crippen molar-refractivity contribution in [2.75, 3.05) is 31.4 Å². The molecule has 0 aliphatic rings. The normalized spacial score (nSPS) is 10.0. The van der Waals surface area contributed by atoms with Gasteiger partial charge in [0.15, 0.2) is 11.5 Å². The molecule has 0 aliphatic carbocycles. The summed E-state index contributed by atoms with van der Waals surface area (Å²) in [6.07, 6.45) is 2.82. The van der Waals surface area contributed by atoms with Crippen molar-refractivity contribution in [2.45, 2.75) is 12.8 Å². The summed E-state index contributed by atoms with van der Waals surface area (Å²) in [6.45, 7) is 4.37. The highest BCUT2D eigenvalue weighted by molar-refractivity contribution is 5.91. The SMILES string of the molecule is C=CCNc1ccc(NC(=O)CCc2ccc(OC)c(OC)c2)cc1. The Morgan fingerprint density at radius 1 is 1.04 bits per heavy atom. The second-order valence-electron chi connectivity index (χ2n) is 5.48. The molecule has 2 aromatic carbocycles. The van der Waals surface area contributed by atoms with Crippen molar-refractivity contribution >= 4 is 17.3 Å². The van der Waals surface area contributed by atoms with E-state index in [0.717, 1.165) is 16.9 Å². The molecule has 132 valence electrons. The van der Waals surface area contributed by atoms with Crippen LogP contribution in [0.25, 0.3) is 0 Å². The topological polar surface area (TPSA) is 59.6 Å². The Bertz CT molecular complexity index is 711. The minimum Gasteiger partial charge on any atom is -0.493 e. The first-order chi connectivity index (χ1) is 12.2. The second kappa shape index (κ2) is 9.37. The number of hydrogen-bond donors (Lipinski definition) is 2. The van der Waals surface area contributed by atoms with Crippen molar-refractivity contribution in [1.29, 1.82) is 0 Å². The van der Waals surface area contributed by atoms with Gasteiger partial charge in [-0.3, -0.25) is 4.79 Å². The van der Waals surface area contributed by atoms with E-state index in [4.69, 9.17) is 9.47 Å². The van der Waals surface area contributed by atoms with Crippen LogP contribution in [0.1, 0.15) is 12.0 Å². The average molecular weight is 340 g/mol. The van der Waals surface area contributed by atoms with Crippen molar-refractivity contribution in [3.05, 3.63) is 60.7 Å². The molecule has 0 saturated heterocycles. The third kappa shape index (κ3) is 5.57. The predicted octanol–water partition coefficient (Wildman–Crippen LogP) is 3.87. The molecule has 0 bridgehead atoms. The number of benzene rings is 2. The molecule has 0 aliphatic heterocycles. The van der Waals surface area contributed by atoms with Crippen LogP contribution in [0.4, 0.5) is 11.4 Å². The maximum Gasteiger partial charge on any atom is 0.224 e. The van der Waals surface area contributed by atoms with E-state index in [9.17, 15) is 4.79 Å². The largest absolute Gasteiger partial charge is 0.493 e. The summed E-state index contributed by atoms with van der Waals surface area (Å²) in [4.78, 5) is 12.1. The van der Waals surface area contributed by atoms with Gasteiger partial charge in [0.1, 0.15) is 0 Å². The zero-order valence-electron chi connectivity index (χ0n) is 14.7. The van der Waals surface area contributed by atoms with Gasteiger partial charge in [-0.15, -0.1) is 6.58 Å². The Hall–Kier alpha value is -2.95. The fourth-order valence-electron chi connectivity index (χ4n) is 2.38. The monoisotopic (exact) mass is 340 g/mol. The molecule has 25 heavy (non-hydrogen) atoms. The van der Waals surface area contributed by atoms with Crippen LogP contribution in [0.5, 0.6) is 11.5 Å². The number of aryl methyl sites for hydroxylation is 1. The standard InChI is InChI=1S/C20H24N2O3/c1-4-13-21-16-7-9-17(10-8-16)22-20(23)12-6-15-5-11-18(24-2)19(14-15)25-3/h4-5,7-11,14,21H,1,6,12-13H2,2-3H3,(H,22,23). The van der Waals surface area contributed by atoms with Crippen LogP contribution in [-0.4, -0.2) is 26.7 Å². The number of amides is 1. The van der Waals surface area contributed by atoms with E-state index in [-0.39, 0.29) is 5.91 Å². The van der Waals surface area contributed by atoms with E-state index in [2.05, 4.69) is 17.2 Å². The van der Waals surface area contributed by atoms with Crippen molar-refractivity contribution < 1.29 is 14.3 Å². The molecular formula is C20H24N2O3. The van der Waals surface area contributed by atoms with Crippen molar-refractivity contribution in [2.24, 2.45) is 0 Å². The zero-order chi connectivity index (χ0) is 18.1. The van der Waals surface area contributed by atoms with E-state index in [1.807, 2.05) is 42.5 Å². The fraction of sp³-hybridized carbons (Fsp3) is 0.250. The predicted molar refractivity (Wildman–Crippen MR) is 102 cm³/mol. The van der Waals surface area contributed by atoms with Gasteiger partial charge in [0.25, 0.3) is 0 Å². The molecule has 2 aromatic rings. The average Bonchev–Trinajstić information content (AvgIpc) is 2.65. The maximum absolute atomic E-state index is 12.1. The smallest absolute Gasteiger partial charge is 0.224 e. The third-order valence-electron chi connectivity index (χ3n) is 3.71. The number of carbonyl (C=O) groups is 1. The highest BCUT2D eigenvalue weighted by Crippen LogP contribution is 2.28. The number of anilines is 2. The van der Waals surface area contributed by atoms with Gasteiger partial charge in [0, 0.05) is 24.3 Å². The van der Waals surface area contributed by atoms with Gasteiger partial charge < -0.3 is 20.1 Å². The van der Waals surface area contributed by atoms with Gasteiger partial charge in [-0.2, -0.15) is 0 Å². The second-order valence-corrected chi connectivity index (χ2v) is 5.48. The van der Waals surface area contributed by atoms with E-state index in [0.29, 0.717) is 30.9 Å². The van der Waals surface area contributed by atoms with Crippen molar-refractivity contribution in [3.63, 3.8) is 0 Å². The molecule has 5 nitrogen and oxygen atoms in total. The van der Waals surface area contributed by atoms with Gasteiger partial charge >= 0.3 is 0 Å². The third-order valence-corrected chi connectivity index (χ3v) is 3.71. The molecule has 2 rings (SSSR count). The molecule has 1 amide bonds. The molecule has 5 heteroatoms. The summed E-state index contributed by atoms with van der Waals surface area (Å²) in [5.41, 5.74) is 2.79. The molecule has 0 radical (unpaired) electrons. The molecule has 0 heterocycles. The molecule has 0 aromatic heterocycles. The van der Waals surface area contributed by atoms with Gasteiger partial charge in [-0.25, -0.2) is 0 Å². The summed E-state index contributed by atoms with van der Waals surface area (Å²) < 4.78 is 10.5. The van der Waals surface area contributed by atoms with Crippen LogP contribution < -0.4 is 20.1 Å². The molecule has 0 fully saturated rings. The first-order valence-electron chi connectivity index (χ1n) is 8.12. The summed E-state index contributed by atoms with van der Waals surface area (Å²) in [7, 11) is 3.20. The van der Waals surface area contributed by atoms with Crippen LogP contribution in [0, 0.1) is 0 Å². The highest BCUT2D eigenvalue weighted by Gasteiger charge is 2.07. The zero-order valence-corrected chi connectivity index (χ0v) is 14.7. The van der Waals surface area contributed by atoms with Gasteiger partial charge in [-0.1, -0.05) is 12.1 Å². The summed E-state index contributed by atoms with van der Waals surface area (Å²) in [6, 6.07) is 13.3. The summed E-state index contributed by atoms with van der Waals surface area (Å²) >= 11 is 0. The number of ether oxygens (including phenoxy) is 2. The van der Waals surface area contributed by atoms with Crippen LogP contribution >= 0.6 is 0 Å². The number of nitrogens with one attached hydrogen (secondary N) is 2. The minimum atomic E-state index is -0.0263. The number of hydrogen-bond acceptors (Lipinski definition) is 4. The molecule has 0 saturated carbocycles. The van der Waals surface area contributed by atoms with Gasteiger partial charge in [0.05, 0.1) is 14.2 Å². The Morgan fingerprint density at radius 2 is 1.72 bits per heavy atom. The Labute approximate surface area is 148 Å². The van der Waals surface area contributed by atoms with Gasteiger partial charge in [-0.05, 0) is 48.4 Å². The van der Waals surface area contributed by atoms with Crippen molar-refractivity contribution in [3.8, 4) is 11.5 Å². The molecule has 2 N–H and O–H groups in total. The van der Waals surface area contributed by atoms with E-state index in [1.54, 1.807) is 20.3 Å². The van der Waals surface area contributed by atoms with Gasteiger partial charge in [0.2, 0.25) is 5.91 Å². The van der Waals surface area contributed by atoms with Crippen LogP contribution in [0.3, 0.4) is 0 Å². The molecule has 0 atom stereocenters. The number of methoxy groups -OCH3 is 2. The first kappa shape index (κ1) is 18.4.